The minimum absolute atomic E-state index is 0.0255. The number of hydrogen-bond acceptors (Lipinski definition) is 3. The van der Waals surface area contributed by atoms with Crippen molar-refractivity contribution >= 4 is 17.4 Å². The molecule has 1 aromatic rings. The van der Waals surface area contributed by atoms with Gasteiger partial charge in [0.25, 0.3) is 0 Å². The molecule has 3 N–H and O–H groups in total. The smallest absolute Gasteiger partial charge is 0.335 e. The van der Waals surface area contributed by atoms with E-state index in [4.69, 9.17) is 10.8 Å². The Bertz CT molecular complexity index is 562. The Kier molecular flexibility index (Phi) is 3.83. The number of carboxylic acids is 1. The van der Waals surface area contributed by atoms with E-state index < -0.39 is 5.97 Å². The van der Waals surface area contributed by atoms with Crippen LogP contribution < -0.4 is 5.73 Å². The Morgan fingerprint density at radius 2 is 1.81 bits per heavy atom. The molecule has 2 aliphatic rings. The fourth-order valence-corrected chi connectivity index (χ4v) is 3.53. The highest BCUT2D eigenvalue weighted by atomic mass is 16.4. The summed E-state index contributed by atoms with van der Waals surface area (Å²) in [5.41, 5.74) is 6.47. The molecular formula is C17H23NO3. The molecule has 3 rings (SSSR count). The SMILES string of the molecule is CC12CCC(CC1=O)C2(C)C.Nc1ccc(C(=O)O)cc1. The third-order valence-electron chi connectivity index (χ3n) is 5.64. The summed E-state index contributed by atoms with van der Waals surface area (Å²) in [6, 6.07) is 6.06. The molecule has 2 unspecified atom stereocenters. The molecule has 0 heterocycles. The van der Waals surface area contributed by atoms with Crippen molar-refractivity contribution in [2.75, 3.05) is 5.73 Å². The van der Waals surface area contributed by atoms with Gasteiger partial charge in [-0.3, -0.25) is 4.79 Å². The van der Waals surface area contributed by atoms with Gasteiger partial charge < -0.3 is 10.8 Å². The first kappa shape index (κ1) is 15.5. The third kappa shape index (κ3) is 2.55. The lowest BCUT2D eigenvalue weighted by atomic mass is 9.70. The van der Waals surface area contributed by atoms with Crippen LogP contribution in [0.25, 0.3) is 0 Å². The highest BCUT2D eigenvalue weighted by Crippen LogP contribution is 2.63. The summed E-state index contributed by atoms with van der Waals surface area (Å²) in [7, 11) is 0. The number of Topliss-reactive ketones (excluding diaryl/α,β-unsaturated/α-hetero) is 1. The fraction of sp³-hybridized carbons (Fsp3) is 0.529. The van der Waals surface area contributed by atoms with E-state index in [1.807, 2.05) is 0 Å². The molecule has 4 heteroatoms. The number of nitrogen functional groups attached to an aromatic ring is 1. The summed E-state index contributed by atoms with van der Waals surface area (Å²) in [5, 5.41) is 8.43. The second-order valence-corrected chi connectivity index (χ2v) is 6.84. The highest BCUT2D eigenvalue weighted by Gasteiger charge is 2.61. The van der Waals surface area contributed by atoms with Gasteiger partial charge in [-0.05, 0) is 48.4 Å². The lowest BCUT2D eigenvalue weighted by Gasteiger charge is -2.32. The molecule has 0 saturated heterocycles. The van der Waals surface area contributed by atoms with Crippen LogP contribution in [0.3, 0.4) is 0 Å². The molecule has 2 fully saturated rings. The Morgan fingerprint density at radius 1 is 1.24 bits per heavy atom. The molecule has 114 valence electrons. The first-order valence-corrected chi connectivity index (χ1v) is 7.30. The summed E-state index contributed by atoms with van der Waals surface area (Å²) >= 11 is 0. The van der Waals surface area contributed by atoms with E-state index in [0.717, 1.165) is 12.8 Å². The molecule has 0 radical (unpaired) electrons. The Morgan fingerprint density at radius 3 is 2.10 bits per heavy atom. The van der Waals surface area contributed by atoms with Crippen molar-refractivity contribution in [3.63, 3.8) is 0 Å². The maximum absolute atomic E-state index is 11.6. The predicted molar refractivity (Wildman–Crippen MR) is 82.0 cm³/mol. The highest BCUT2D eigenvalue weighted by molar-refractivity contribution is 5.89. The number of benzene rings is 1. The molecule has 2 bridgehead atoms. The molecule has 1 aromatic carbocycles. The van der Waals surface area contributed by atoms with E-state index in [9.17, 15) is 9.59 Å². The van der Waals surface area contributed by atoms with Gasteiger partial charge in [0.2, 0.25) is 0 Å². The second kappa shape index (κ2) is 5.17. The molecule has 0 aromatic heterocycles. The Hall–Kier alpha value is -1.84. The molecule has 21 heavy (non-hydrogen) atoms. The number of carbonyl (C=O) groups excluding carboxylic acids is 1. The Labute approximate surface area is 125 Å². The minimum atomic E-state index is -0.931. The molecule has 0 spiro atoms. The van der Waals surface area contributed by atoms with Gasteiger partial charge in [-0.1, -0.05) is 20.8 Å². The van der Waals surface area contributed by atoms with Crippen LogP contribution in [0, 0.1) is 16.7 Å². The third-order valence-corrected chi connectivity index (χ3v) is 5.64. The Balaban J connectivity index is 0.000000155. The minimum Gasteiger partial charge on any atom is -0.478 e. The lowest BCUT2D eigenvalue weighted by molar-refractivity contribution is -0.128. The van der Waals surface area contributed by atoms with E-state index in [1.54, 1.807) is 12.1 Å². The lowest BCUT2D eigenvalue weighted by Crippen LogP contribution is -2.32. The summed E-state index contributed by atoms with van der Waals surface area (Å²) in [5.74, 6) is 0.263. The van der Waals surface area contributed by atoms with Crippen molar-refractivity contribution < 1.29 is 14.7 Å². The number of fused-ring (bicyclic) bond motifs is 2. The van der Waals surface area contributed by atoms with E-state index in [-0.39, 0.29) is 16.4 Å². The summed E-state index contributed by atoms with van der Waals surface area (Å²) < 4.78 is 0. The van der Waals surface area contributed by atoms with E-state index in [2.05, 4.69) is 20.8 Å². The largest absolute Gasteiger partial charge is 0.478 e. The number of hydrogen-bond donors (Lipinski definition) is 2. The van der Waals surface area contributed by atoms with Gasteiger partial charge >= 0.3 is 5.97 Å². The zero-order chi connectivity index (χ0) is 15.8. The average Bonchev–Trinajstić information content (AvgIpc) is 2.73. The zero-order valence-electron chi connectivity index (χ0n) is 12.8. The summed E-state index contributed by atoms with van der Waals surface area (Å²) in [6.45, 7) is 6.67. The van der Waals surface area contributed by atoms with Crippen molar-refractivity contribution in [2.45, 2.75) is 40.0 Å². The quantitative estimate of drug-likeness (QED) is 0.777. The van der Waals surface area contributed by atoms with E-state index in [0.29, 0.717) is 17.4 Å². The van der Waals surface area contributed by atoms with Gasteiger partial charge in [0.15, 0.2) is 0 Å². The number of ketones is 1. The predicted octanol–water partition coefficient (Wildman–Crippen LogP) is 3.37. The van der Waals surface area contributed by atoms with Crippen LogP contribution in [0.15, 0.2) is 24.3 Å². The van der Waals surface area contributed by atoms with E-state index in [1.165, 1.54) is 18.6 Å². The maximum atomic E-state index is 11.6. The van der Waals surface area contributed by atoms with Crippen LogP contribution in [-0.4, -0.2) is 16.9 Å². The fourth-order valence-electron chi connectivity index (χ4n) is 3.53. The van der Waals surface area contributed by atoms with E-state index >= 15 is 0 Å². The maximum Gasteiger partial charge on any atom is 0.335 e. The number of carboxylic acid groups (broad SMARTS) is 1. The topological polar surface area (TPSA) is 80.4 Å². The van der Waals surface area contributed by atoms with Gasteiger partial charge in [0.1, 0.15) is 5.78 Å². The number of aromatic carboxylic acids is 1. The second-order valence-electron chi connectivity index (χ2n) is 6.84. The molecule has 0 aliphatic heterocycles. The van der Waals surface area contributed by atoms with Crippen LogP contribution in [0.4, 0.5) is 5.69 Å². The van der Waals surface area contributed by atoms with Gasteiger partial charge in [-0.2, -0.15) is 0 Å². The van der Waals surface area contributed by atoms with Crippen LogP contribution in [-0.2, 0) is 4.79 Å². The van der Waals surface area contributed by atoms with Crippen LogP contribution in [0.5, 0.6) is 0 Å². The molecular weight excluding hydrogens is 266 g/mol. The monoisotopic (exact) mass is 289 g/mol. The van der Waals surface area contributed by atoms with Crippen LogP contribution >= 0.6 is 0 Å². The van der Waals surface area contributed by atoms with Crippen molar-refractivity contribution in [2.24, 2.45) is 16.7 Å². The van der Waals surface area contributed by atoms with Gasteiger partial charge in [-0.15, -0.1) is 0 Å². The molecule has 0 amide bonds. The molecule has 2 aliphatic carbocycles. The van der Waals surface area contributed by atoms with Gasteiger partial charge in [-0.25, -0.2) is 4.79 Å². The number of rotatable bonds is 1. The van der Waals surface area contributed by atoms with Gasteiger partial charge in [0.05, 0.1) is 5.56 Å². The standard InChI is InChI=1S/C10H16O.C7H7NO2/c1-9(2)7-4-5-10(9,3)8(11)6-7;8-6-3-1-5(2-4-6)7(9)10/h7H,4-6H2,1-3H3;1-4H,8H2,(H,9,10). The first-order chi connectivity index (χ1) is 9.68. The first-order valence-electron chi connectivity index (χ1n) is 7.30. The number of carbonyl (C=O) groups is 2. The average molecular weight is 289 g/mol. The van der Waals surface area contributed by atoms with Crippen molar-refractivity contribution in [3.8, 4) is 0 Å². The number of nitrogens with two attached hydrogens (primary N) is 1. The molecule has 4 nitrogen and oxygen atoms in total. The molecule has 2 saturated carbocycles. The van der Waals surface area contributed by atoms with Crippen molar-refractivity contribution in [1.29, 1.82) is 0 Å². The zero-order valence-corrected chi connectivity index (χ0v) is 12.8. The van der Waals surface area contributed by atoms with Crippen LogP contribution in [0.2, 0.25) is 0 Å². The summed E-state index contributed by atoms with van der Waals surface area (Å²) in [6.07, 6.45) is 3.25. The van der Waals surface area contributed by atoms with Gasteiger partial charge in [0, 0.05) is 17.5 Å². The van der Waals surface area contributed by atoms with Crippen molar-refractivity contribution in [1.82, 2.24) is 0 Å². The normalized spacial score (nSPS) is 28.9. The van der Waals surface area contributed by atoms with Crippen molar-refractivity contribution in [3.05, 3.63) is 29.8 Å². The molecule has 2 atom stereocenters. The number of anilines is 1. The summed E-state index contributed by atoms with van der Waals surface area (Å²) in [4.78, 5) is 21.8. The van der Waals surface area contributed by atoms with Crippen LogP contribution in [0.1, 0.15) is 50.4 Å².